The highest BCUT2D eigenvalue weighted by Crippen LogP contribution is 2.32. The van der Waals surface area contributed by atoms with Crippen LogP contribution in [0.4, 0.5) is 17.1 Å². The molecule has 1 aromatic rings. The normalized spacial score (nSPS) is 15.9. The Morgan fingerprint density at radius 3 is 2.24 bits per heavy atom. The fourth-order valence-electron chi connectivity index (χ4n) is 1.96. The van der Waals surface area contributed by atoms with Gasteiger partial charge in [0.2, 0.25) is 0 Å². The summed E-state index contributed by atoms with van der Waals surface area (Å²) >= 11 is 0. The van der Waals surface area contributed by atoms with Gasteiger partial charge in [-0.2, -0.15) is 0 Å². The monoisotopic (exact) mass is 237 g/mol. The molecule has 0 aliphatic carbocycles. The zero-order valence-electron chi connectivity index (χ0n) is 9.35. The highest BCUT2D eigenvalue weighted by atomic mass is 16.5. The van der Waals surface area contributed by atoms with Crippen molar-refractivity contribution in [1.82, 2.24) is 0 Å². The number of rotatable bonds is 2. The lowest BCUT2D eigenvalue weighted by Crippen LogP contribution is -2.37. The van der Waals surface area contributed by atoms with Crippen molar-refractivity contribution in [2.24, 2.45) is 0 Å². The average molecular weight is 237 g/mol. The minimum Gasteiger partial charge on any atom is -0.478 e. The third kappa shape index (κ3) is 2.26. The summed E-state index contributed by atoms with van der Waals surface area (Å²) in [4.78, 5) is 12.9. The van der Waals surface area contributed by atoms with Crippen LogP contribution in [0, 0.1) is 0 Å². The first-order chi connectivity index (χ1) is 8.09. The van der Waals surface area contributed by atoms with Gasteiger partial charge in [-0.25, -0.2) is 4.79 Å². The van der Waals surface area contributed by atoms with Crippen LogP contribution < -0.4 is 16.4 Å². The van der Waals surface area contributed by atoms with Gasteiger partial charge >= 0.3 is 5.97 Å². The molecule has 0 amide bonds. The van der Waals surface area contributed by atoms with Gasteiger partial charge in [-0.15, -0.1) is 0 Å². The summed E-state index contributed by atoms with van der Waals surface area (Å²) < 4.78 is 5.25. The number of nitrogens with zero attached hydrogens (tertiary/aromatic N) is 1. The van der Waals surface area contributed by atoms with E-state index >= 15 is 0 Å². The summed E-state index contributed by atoms with van der Waals surface area (Å²) in [6.07, 6.45) is 0. The van der Waals surface area contributed by atoms with E-state index in [1.807, 2.05) is 4.90 Å². The highest BCUT2D eigenvalue weighted by molar-refractivity contribution is 5.94. The molecule has 1 saturated heterocycles. The molecular formula is C11H15N3O3. The van der Waals surface area contributed by atoms with Crippen molar-refractivity contribution in [2.45, 2.75) is 0 Å². The molecule has 0 aromatic heterocycles. The van der Waals surface area contributed by atoms with Crippen LogP contribution in [0.3, 0.4) is 0 Å². The van der Waals surface area contributed by atoms with Crippen LogP contribution in [0.15, 0.2) is 12.1 Å². The second-order valence-corrected chi connectivity index (χ2v) is 3.91. The summed E-state index contributed by atoms with van der Waals surface area (Å²) in [7, 11) is 0. The molecule has 17 heavy (non-hydrogen) atoms. The van der Waals surface area contributed by atoms with E-state index < -0.39 is 5.97 Å². The number of ether oxygens (including phenoxy) is 1. The van der Waals surface area contributed by atoms with Gasteiger partial charge in [-0.05, 0) is 12.1 Å². The zero-order valence-corrected chi connectivity index (χ0v) is 9.35. The van der Waals surface area contributed by atoms with Crippen molar-refractivity contribution in [2.75, 3.05) is 42.7 Å². The van der Waals surface area contributed by atoms with E-state index in [0.29, 0.717) is 43.4 Å². The third-order valence-corrected chi connectivity index (χ3v) is 2.74. The molecule has 2 rings (SSSR count). The van der Waals surface area contributed by atoms with Crippen LogP contribution in [0.25, 0.3) is 0 Å². The Morgan fingerprint density at radius 1 is 1.24 bits per heavy atom. The SMILES string of the molecule is Nc1cc(C(=O)O)cc(N)c1N1CCOCC1. The number of benzene rings is 1. The Balaban J connectivity index is 2.37. The number of carbonyl (C=O) groups is 1. The van der Waals surface area contributed by atoms with Crippen LogP contribution in [0.2, 0.25) is 0 Å². The third-order valence-electron chi connectivity index (χ3n) is 2.74. The first-order valence-electron chi connectivity index (χ1n) is 5.34. The molecule has 1 heterocycles. The molecule has 0 bridgehead atoms. The molecule has 0 spiro atoms. The molecule has 5 N–H and O–H groups in total. The fourth-order valence-corrected chi connectivity index (χ4v) is 1.96. The maximum absolute atomic E-state index is 10.8. The second kappa shape index (κ2) is 4.50. The largest absolute Gasteiger partial charge is 0.478 e. The summed E-state index contributed by atoms with van der Waals surface area (Å²) in [5, 5.41) is 8.89. The van der Waals surface area contributed by atoms with Crippen molar-refractivity contribution >= 4 is 23.0 Å². The Kier molecular flexibility index (Phi) is 3.06. The number of anilines is 3. The molecule has 6 heteroatoms. The lowest BCUT2D eigenvalue weighted by Gasteiger charge is -2.31. The molecule has 0 unspecified atom stereocenters. The van der Waals surface area contributed by atoms with Gasteiger partial charge in [-0.1, -0.05) is 0 Å². The van der Waals surface area contributed by atoms with Gasteiger partial charge in [0.05, 0.1) is 35.8 Å². The second-order valence-electron chi connectivity index (χ2n) is 3.91. The zero-order chi connectivity index (χ0) is 12.4. The predicted octanol–water partition coefficient (Wildman–Crippen LogP) is 0.386. The summed E-state index contributed by atoms with van der Waals surface area (Å²) in [6, 6.07) is 2.87. The van der Waals surface area contributed by atoms with Gasteiger partial charge in [0.15, 0.2) is 0 Å². The van der Waals surface area contributed by atoms with E-state index in [-0.39, 0.29) is 5.56 Å². The molecular weight excluding hydrogens is 222 g/mol. The Morgan fingerprint density at radius 2 is 1.76 bits per heavy atom. The number of morpholine rings is 1. The number of aromatic carboxylic acids is 1. The molecule has 1 aromatic carbocycles. The predicted molar refractivity (Wildman–Crippen MR) is 65.3 cm³/mol. The maximum atomic E-state index is 10.8. The Bertz CT molecular complexity index is 419. The van der Waals surface area contributed by atoms with Crippen LogP contribution in [-0.4, -0.2) is 37.4 Å². The number of carboxylic acids is 1. The number of nitrogen functional groups attached to an aromatic ring is 2. The molecule has 92 valence electrons. The first-order valence-corrected chi connectivity index (χ1v) is 5.34. The molecule has 1 aliphatic heterocycles. The lowest BCUT2D eigenvalue weighted by atomic mass is 10.1. The van der Waals surface area contributed by atoms with E-state index in [9.17, 15) is 4.79 Å². The number of hydrogen-bond donors (Lipinski definition) is 3. The molecule has 1 aliphatic rings. The van der Waals surface area contributed by atoms with E-state index in [1.165, 1.54) is 12.1 Å². The van der Waals surface area contributed by atoms with Gasteiger partial charge in [0.25, 0.3) is 0 Å². The van der Waals surface area contributed by atoms with E-state index in [2.05, 4.69) is 0 Å². The highest BCUT2D eigenvalue weighted by Gasteiger charge is 2.18. The van der Waals surface area contributed by atoms with Gasteiger partial charge < -0.3 is 26.2 Å². The minimum absolute atomic E-state index is 0.108. The van der Waals surface area contributed by atoms with Crippen molar-refractivity contribution in [1.29, 1.82) is 0 Å². The molecule has 6 nitrogen and oxygen atoms in total. The van der Waals surface area contributed by atoms with Crippen molar-refractivity contribution in [3.8, 4) is 0 Å². The Labute approximate surface area is 98.8 Å². The van der Waals surface area contributed by atoms with Gasteiger partial charge in [0.1, 0.15) is 0 Å². The summed E-state index contributed by atoms with van der Waals surface area (Å²) in [6.45, 7) is 2.67. The summed E-state index contributed by atoms with van der Waals surface area (Å²) in [5.41, 5.74) is 13.3. The summed E-state index contributed by atoms with van der Waals surface area (Å²) in [5.74, 6) is -1.03. The molecule has 0 saturated carbocycles. The minimum atomic E-state index is -1.03. The number of nitrogens with two attached hydrogens (primary N) is 2. The first kappa shape index (κ1) is 11.5. The van der Waals surface area contributed by atoms with Gasteiger partial charge in [-0.3, -0.25) is 0 Å². The topological polar surface area (TPSA) is 102 Å². The van der Waals surface area contributed by atoms with Crippen LogP contribution in [-0.2, 0) is 4.74 Å². The lowest BCUT2D eigenvalue weighted by molar-refractivity contribution is 0.0697. The van der Waals surface area contributed by atoms with Crippen LogP contribution in [0.5, 0.6) is 0 Å². The van der Waals surface area contributed by atoms with Gasteiger partial charge in [0, 0.05) is 13.1 Å². The van der Waals surface area contributed by atoms with E-state index in [1.54, 1.807) is 0 Å². The molecule has 0 atom stereocenters. The van der Waals surface area contributed by atoms with Crippen LogP contribution >= 0.6 is 0 Å². The van der Waals surface area contributed by atoms with E-state index in [4.69, 9.17) is 21.3 Å². The maximum Gasteiger partial charge on any atom is 0.335 e. The quantitative estimate of drug-likeness (QED) is 0.643. The van der Waals surface area contributed by atoms with Crippen molar-refractivity contribution in [3.05, 3.63) is 17.7 Å². The van der Waals surface area contributed by atoms with Crippen molar-refractivity contribution < 1.29 is 14.6 Å². The smallest absolute Gasteiger partial charge is 0.335 e. The number of carboxylic acid groups (broad SMARTS) is 1. The molecule has 0 radical (unpaired) electrons. The van der Waals surface area contributed by atoms with Crippen molar-refractivity contribution in [3.63, 3.8) is 0 Å². The average Bonchev–Trinajstić information content (AvgIpc) is 2.29. The standard InChI is InChI=1S/C11H15N3O3/c12-8-5-7(11(15)16)6-9(13)10(8)14-1-3-17-4-2-14/h5-6H,1-4,12-13H2,(H,15,16). The molecule has 1 fully saturated rings. The number of hydrogen-bond acceptors (Lipinski definition) is 5. The Hall–Kier alpha value is -1.95. The fraction of sp³-hybridized carbons (Fsp3) is 0.364. The van der Waals surface area contributed by atoms with Crippen LogP contribution in [0.1, 0.15) is 10.4 Å². The van der Waals surface area contributed by atoms with E-state index in [0.717, 1.165) is 0 Å².